The fourth-order valence-electron chi connectivity index (χ4n) is 3.98. The number of halogens is 1. The number of fused-ring (bicyclic) bond motifs is 4. The zero-order valence-electron chi connectivity index (χ0n) is 14.2. The highest BCUT2D eigenvalue weighted by Crippen LogP contribution is 2.43. The fraction of sp³-hybridized carbons (Fsp3) is 0.190. The average Bonchev–Trinajstić information content (AvgIpc) is 3.29. The van der Waals surface area contributed by atoms with E-state index in [2.05, 4.69) is 17.1 Å². The van der Waals surface area contributed by atoms with Gasteiger partial charge in [0.05, 0.1) is 30.4 Å². The molecule has 4 aromatic rings. The smallest absolute Gasteiger partial charge is 0.137 e. The minimum absolute atomic E-state index is 0.0696. The van der Waals surface area contributed by atoms with E-state index in [1.165, 1.54) is 6.07 Å². The maximum Gasteiger partial charge on any atom is 0.137 e. The maximum atomic E-state index is 14.5. The molecule has 1 aliphatic rings. The molecule has 5 heteroatoms. The third kappa shape index (κ3) is 2.21. The van der Waals surface area contributed by atoms with E-state index in [-0.39, 0.29) is 6.04 Å². The molecule has 0 aliphatic carbocycles. The number of aliphatic hydroxyl groups is 1. The summed E-state index contributed by atoms with van der Waals surface area (Å²) in [4.78, 5) is 4.23. The Balaban J connectivity index is 1.53. The molecule has 0 saturated heterocycles. The number of nitrogens with zero attached hydrogens (tertiary/aromatic N) is 2. The van der Waals surface area contributed by atoms with Gasteiger partial charge in [-0.15, -0.1) is 0 Å². The monoisotopic (exact) mass is 348 g/mol. The normalized spacial score (nSPS) is 16.7. The van der Waals surface area contributed by atoms with Gasteiger partial charge in [0, 0.05) is 29.0 Å². The second kappa shape index (κ2) is 5.54. The lowest BCUT2D eigenvalue weighted by Gasteiger charge is -2.19. The van der Waals surface area contributed by atoms with Gasteiger partial charge in [0.15, 0.2) is 0 Å². The zero-order chi connectivity index (χ0) is 17.8. The van der Waals surface area contributed by atoms with Crippen molar-refractivity contribution in [2.24, 2.45) is 0 Å². The van der Waals surface area contributed by atoms with E-state index < -0.39 is 11.9 Å². The topological polar surface area (TPSA) is 51.2 Å². The van der Waals surface area contributed by atoms with Gasteiger partial charge < -0.3 is 14.1 Å². The first-order valence-corrected chi connectivity index (χ1v) is 8.60. The number of aromatic nitrogens is 2. The summed E-state index contributed by atoms with van der Waals surface area (Å²) in [5.74, 6) is 0.273. The molecule has 0 saturated carbocycles. The summed E-state index contributed by atoms with van der Waals surface area (Å²) in [5, 5.41) is 11.6. The molecule has 0 radical (unpaired) electrons. The SMILES string of the molecule is Cc1cc2cc([C@H](O)C[C@H]3c4ccccc4-c4cncn43)c(F)cc2o1. The molecule has 2 atom stereocenters. The van der Waals surface area contributed by atoms with Crippen molar-refractivity contribution < 1.29 is 13.9 Å². The molecule has 130 valence electrons. The van der Waals surface area contributed by atoms with Gasteiger partial charge in [-0.25, -0.2) is 9.37 Å². The highest BCUT2D eigenvalue weighted by atomic mass is 19.1. The van der Waals surface area contributed by atoms with E-state index in [0.29, 0.717) is 17.6 Å². The van der Waals surface area contributed by atoms with Crippen LogP contribution in [-0.2, 0) is 0 Å². The Morgan fingerprint density at radius 2 is 2.12 bits per heavy atom. The Bertz CT molecular complexity index is 1130. The van der Waals surface area contributed by atoms with Crippen molar-refractivity contribution in [1.29, 1.82) is 0 Å². The Hall–Kier alpha value is -2.92. The molecule has 0 unspecified atom stereocenters. The molecule has 4 nitrogen and oxygen atoms in total. The van der Waals surface area contributed by atoms with Crippen molar-refractivity contribution in [2.45, 2.75) is 25.5 Å². The summed E-state index contributed by atoms with van der Waals surface area (Å²) >= 11 is 0. The summed E-state index contributed by atoms with van der Waals surface area (Å²) in [5.41, 5.74) is 4.07. The van der Waals surface area contributed by atoms with E-state index in [9.17, 15) is 9.50 Å². The molecule has 0 spiro atoms. The van der Waals surface area contributed by atoms with Gasteiger partial charge in [0.2, 0.25) is 0 Å². The number of imidazole rings is 1. The molecular formula is C21H17FN2O2. The van der Waals surface area contributed by atoms with Crippen LogP contribution >= 0.6 is 0 Å². The summed E-state index contributed by atoms with van der Waals surface area (Å²) in [7, 11) is 0. The summed E-state index contributed by atoms with van der Waals surface area (Å²) in [6.45, 7) is 1.82. The van der Waals surface area contributed by atoms with E-state index in [4.69, 9.17) is 4.42 Å². The molecule has 26 heavy (non-hydrogen) atoms. The lowest BCUT2D eigenvalue weighted by atomic mass is 9.95. The molecule has 0 bridgehead atoms. The van der Waals surface area contributed by atoms with Crippen LogP contribution in [0.1, 0.15) is 35.5 Å². The van der Waals surface area contributed by atoms with E-state index in [1.54, 1.807) is 12.4 Å². The van der Waals surface area contributed by atoms with Crippen LogP contribution in [0.4, 0.5) is 4.39 Å². The molecule has 0 amide bonds. The molecule has 5 rings (SSSR count). The third-order valence-electron chi connectivity index (χ3n) is 5.16. The average molecular weight is 348 g/mol. The highest BCUT2D eigenvalue weighted by Gasteiger charge is 2.30. The number of aryl methyl sites for hydroxylation is 1. The first kappa shape index (κ1) is 15.3. The van der Waals surface area contributed by atoms with Crippen LogP contribution in [0.2, 0.25) is 0 Å². The number of aliphatic hydroxyl groups excluding tert-OH is 1. The standard InChI is InChI=1S/C21H17FN2O2/c1-12-6-13-7-16(17(22)8-21(13)26-12)20(25)9-18-14-4-2-3-5-15(14)19-10-23-11-24(18)19/h2-8,10-11,18,20,25H,9H2,1H3/t18-,20+/m0/s1. The van der Waals surface area contributed by atoms with Gasteiger partial charge in [0.25, 0.3) is 0 Å². The minimum atomic E-state index is -0.930. The largest absolute Gasteiger partial charge is 0.461 e. The second-order valence-corrected chi connectivity index (χ2v) is 6.81. The molecular weight excluding hydrogens is 331 g/mol. The molecule has 1 aliphatic heterocycles. The summed E-state index contributed by atoms with van der Waals surface area (Å²) in [6.07, 6.45) is 3.04. The van der Waals surface area contributed by atoms with Gasteiger partial charge >= 0.3 is 0 Å². The quantitative estimate of drug-likeness (QED) is 0.580. The van der Waals surface area contributed by atoms with Crippen LogP contribution in [-0.4, -0.2) is 14.7 Å². The number of furan rings is 1. The van der Waals surface area contributed by atoms with Gasteiger partial charge in [-0.1, -0.05) is 24.3 Å². The zero-order valence-corrected chi connectivity index (χ0v) is 14.2. The minimum Gasteiger partial charge on any atom is -0.461 e. The van der Waals surface area contributed by atoms with Gasteiger partial charge in [-0.05, 0) is 24.6 Å². The van der Waals surface area contributed by atoms with Crippen LogP contribution < -0.4 is 0 Å². The molecule has 2 aromatic carbocycles. The third-order valence-corrected chi connectivity index (χ3v) is 5.16. The van der Waals surface area contributed by atoms with Crippen LogP contribution in [0.3, 0.4) is 0 Å². The summed E-state index contributed by atoms with van der Waals surface area (Å²) in [6, 6.07) is 12.9. The molecule has 0 fully saturated rings. The number of hydrogen-bond donors (Lipinski definition) is 1. The first-order valence-electron chi connectivity index (χ1n) is 8.60. The van der Waals surface area contributed by atoms with E-state index in [1.807, 2.05) is 35.9 Å². The van der Waals surface area contributed by atoms with Gasteiger partial charge in [-0.2, -0.15) is 0 Å². The number of rotatable bonds is 3. The predicted molar refractivity (Wildman–Crippen MR) is 96.3 cm³/mol. The van der Waals surface area contributed by atoms with E-state index in [0.717, 1.165) is 28.0 Å². The van der Waals surface area contributed by atoms with Crippen molar-refractivity contribution in [3.8, 4) is 11.3 Å². The lowest BCUT2D eigenvalue weighted by molar-refractivity contribution is 0.149. The Morgan fingerprint density at radius 3 is 3.00 bits per heavy atom. The predicted octanol–water partition coefficient (Wildman–Crippen LogP) is 4.77. The van der Waals surface area contributed by atoms with Crippen molar-refractivity contribution >= 4 is 11.0 Å². The Morgan fingerprint density at radius 1 is 1.27 bits per heavy atom. The highest BCUT2D eigenvalue weighted by molar-refractivity contribution is 5.79. The van der Waals surface area contributed by atoms with Crippen molar-refractivity contribution in [3.05, 3.63) is 77.7 Å². The molecule has 2 aromatic heterocycles. The first-order chi connectivity index (χ1) is 12.6. The van der Waals surface area contributed by atoms with Crippen LogP contribution in [0, 0.1) is 12.7 Å². The summed E-state index contributed by atoms with van der Waals surface area (Å²) < 4.78 is 22.1. The molecule has 3 heterocycles. The van der Waals surface area contributed by atoms with Crippen LogP contribution in [0.5, 0.6) is 0 Å². The lowest BCUT2D eigenvalue weighted by Crippen LogP contribution is -2.11. The number of benzene rings is 2. The van der Waals surface area contributed by atoms with Crippen LogP contribution in [0.25, 0.3) is 22.2 Å². The van der Waals surface area contributed by atoms with Crippen molar-refractivity contribution in [1.82, 2.24) is 9.55 Å². The fourth-order valence-corrected chi connectivity index (χ4v) is 3.98. The number of hydrogen-bond acceptors (Lipinski definition) is 3. The van der Waals surface area contributed by atoms with Gasteiger partial charge in [0.1, 0.15) is 17.2 Å². The second-order valence-electron chi connectivity index (χ2n) is 6.81. The van der Waals surface area contributed by atoms with Crippen molar-refractivity contribution in [3.63, 3.8) is 0 Å². The van der Waals surface area contributed by atoms with Crippen LogP contribution in [0.15, 0.2) is 59.4 Å². The Labute approximate surface area is 149 Å². The van der Waals surface area contributed by atoms with E-state index >= 15 is 0 Å². The van der Waals surface area contributed by atoms with Gasteiger partial charge in [-0.3, -0.25) is 0 Å². The van der Waals surface area contributed by atoms with Crippen molar-refractivity contribution in [2.75, 3.05) is 0 Å². The molecule has 1 N–H and O–H groups in total. The Kier molecular flexibility index (Phi) is 3.27. The maximum absolute atomic E-state index is 14.5.